The van der Waals surface area contributed by atoms with Gasteiger partial charge in [0.1, 0.15) is 0 Å². The number of thioether (sulfide) groups is 1. The van der Waals surface area contributed by atoms with E-state index in [0.29, 0.717) is 6.04 Å². The lowest BCUT2D eigenvalue weighted by Crippen LogP contribution is -2.30. The van der Waals surface area contributed by atoms with Crippen molar-refractivity contribution in [3.8, 4) is 0 Å². The van der Waals surface area contributed by atoms with Gasteiger partial charge in [-0.15, -0.1) is 11.8 Å². The molecule has 0 aliphatic heterocycles. The third-order valence-electron chi connectivity index (χ3n) is 2.73. The van der Waals surface area contributed by atoms with Gasteiger partial charge in [0.15, 0.2) is 0 Å². The molecule has 2 nitrogen and oxygen atoms in total. The first-order valence-corrected chi connectivity index (χ1v) is 6.48. The van der Waals surface area contributed by atoms with E-state index >= 15 is 0 Å². The van der Waals surface area contributed by atoms with E-state index < -0.39 is 0 Å². The van der Waals surface area contributed by atoms with Crippen molar-refractivity contribution in [1.29, 1.82) is 0 Å². The van der Waals surface area contributed by atoms with E-state index in [2.05, 4.69) is 49.4 Å². The number of nitrogens with zero attached hydrogens (tertiary/aromatic N) is 1. The molecule has 0 radical (unpaired) electrons. The average Bonchev–Trinajstić information content (AvgIpc) is 2.28. The molecule has 84 valence electrons. The first kappa shape index (κ1) is 12.4. The number of hydrogen-bond donors (Lipinski definition) is 1. The molecule has 0 aliphatic rings. The van der Waals surface area contributed by atoms with Gasteiger partial charge in [-0.1, -0.05) is 0 Å². The number of hydrogen-bond acceptors (Lipinski definition) is 3. The molecule has 0 aromatic heterocycles. The SMILES string of the molecule is CSc1ccc(N(C)C(C)CCN)cc1. The molecule has 0 aliphatic carbocycles. The maximum absolute atomic E-state index is 5.56. The highest BCUT2D eigenvalue weighted by atomic mass is 32.2. The van der Waals surface area contributed by atoms with Crippen molar-refractivity contribution in [2.24, 2.45) is 5.73 Å². The highest BCUT2D eigenvalue weighted by Gasteiger charge is 2.08. The molecular weight excluding hydrogens is 204 g/mol. The standard InChI is InChI=1S/C12H20N2S/c1-10(8-9-13)14(2)11-4-6-12(15-3)7-5-11/h4-7,10H,8-9,13H2,1-3H3. The molecule has 3 heteroatoms. The van der Waals surface area contributed by atoms with Crippen LogP contribution < -0.4 is 10.6 Å². The van der Waals surface area contributed by atoms with Gasteiger partial charge in [0.2, 0.25) is 0 Å². The van der Waals surface area contributed by atoms with Gasteiger partial charge >= 0.3 is 0 Å². The summed E-state index contributed by atoms with van der Waals surface area (Å²) in [5.74, 6) is 0. The van der Waals surface area contributed by atoms with E-state index in [0.717, 1.165) is 13.0 Å². The molecule has 0 spiro atoms. The van der Waals surface area contributed by atoms with Crippen LogP contribution in [-0.2, 0) is 0 Å². The average molecular weight is 224 g/mol. The van der Waals surface area contributed by atoms with E-state index in [1.165, 1.54) is 10.6 Å². The second kappa shape index (κ2) is 6.03. The van der Waals surface area contributed by atoms with Crippen LogP contribution in [0, 0.1) is 0 Å². The van der Waals surface area contributed by atoms with E-state index in [4.69, 9.17) is 5.73 Å². The zero-order chi connectivity index (χ0) is 11.3. The van der Waals surface area contributed by atoms with Gasteiger partial charge < -0.3 is 10.6 Å². The van der Waals surface area contributed by atoms with Crippen LogP contribution in [0.3, 0.4) is 0 Å². The summed E-state index contributed by atoms with van der Waals surface area (Å²) < 4.78 is 0. The second-order valence-electron chi connectivity index (χ2n) is 3.74. The van der Waals surface area contributed by atoms with Crippen LogP contribution >= 0.6 is 11.8 Å². The number of benzene rings is 1. The van der Waals surface area contributed by atoms with Gasteiger partial charge in [-0.25, -0.2) is 0 Å². The van der Waals surface area contributed by atoms with E-state index in [1.54, 1.807) is 11.8 Å². The number of nitrogens with two attached hydrogens (primary N) is 1. The lowest BCUT2D eigenvalue weighted by Gasteiger charge is -2.26. The van der Waals surface area contributed by atoms with Crippen molar-refractivity contribution in [3.63, 3.8) is 0 Å². The van der Waals surface area contributed by atoms with Crippen LogP contribution in [0.2, 0.25) is 0 Å². The van der Waals surface area contributed by atoms with Gasteiger partial charge in [-0.05, 0) is 50.4 Å². The smallest absolute Gasteiger partial charge is 0.0366 e. The van der Waals surface area contributed by atoms with Crippen LogP contribution in [0.25, 0.3) is 0 Å². The Labute approximate surface area is 96.8 Å². The Morgan fingerprint density at radius 3 is 2.40 bits per heavy atom. The summed E-state index contributed by atoms with van der Waals surface area (Å²) in [5.41, 5.74) is 6.82. The second-order valence-corrected chi connectivity index (χ2v) is 4.61. The molecule has 0 saturated carbocycles. The molecule has 1 atom stereocenters. The normalized spacial score (nSPS) is 12.5. The Balaban J connectivity index is 2.69. The summed E-state index contributed by atoms with van der Waals surface area (Å²) in [5, 5.41) is 0. The fraction of sp³-hybridized carbons (Fsp3) is 0.500. The van der Waals surface area contributed by atoms with Crippen molar-refractivity contribution < 1.29 is 0 Å². The monoisotopic (exact) mass is 224 g/mol. The largest absolute Gasteiger partial charge is 0.372 e. The molecule has 0 heterocycles. The van der Waals surface area contributed by atoms with Crippen molar-refractivity contribution in [2.45, 2.75) is 24.3 Å². The lowest BCUT2D eigenvalue weighted by atomic mass is 10.2. The summed E-state index contributed by atoms with van der Waals surface area (Å²) >= 11 is 1.77. The van der Waals surface area contributed by atoms with Crippen LogP contribution in [0.4, 0.5) is 5.69 Å². The van der Waals surface area contributed by atoms with Gasteiger partial charge in [0, 0.05) is 23.7 Å². The summed E-state index contributed by atoms with van der Waals surface area (Å²) in [7, 11) is 2.12. The highest BCUT2D eigenvalue weighted by Crippen LogP contribution is 2.21. The Hall–Kier alpha value is -0.670. The molecule has 0 saturated heterocycles. The molecule has 1 aromatic rings. The van der Waals surface area contributed by atoms with Crippen molar-refractivity contribution in [2.75, 3.05) is 24.7 Å². The third-order valence-corrected chi connectivity index (χ3v) is 3.47. The minimum Gasteiger partial charge on any atom is -0.372 e. The molecular formula is C12H20N2S. The highest BCUT2D eigenvalue weighted by molar-refractivity contribution is 7.98. The summed E-state index contributed by atoms with van der Waals surface area (Å²) in [6.45, 7) is 2.95. The molecule has 0 amide bonds. The molecule has 15 heavy (non-hydrogen) atoms. The molecule has 0 fully saturated rings. The topological polar surface area (TPSA) is 29.3 Å². The van der Waals surface area contributed by atoms with Gasteiger partial charge in [0.05, 0.1) is 0 Å². The van der Waals surface area contributed by atoms with E-state index in [9.17, 15) is 0 Å². The van der Waals surface area contributed by atoms with Crippen LogP contribution in [0.15, 0.2) is 29.2 Å². The van der Waals surface area contributed by atoms with Gasteiger partial charge in [-0.2, -0.15) is 0 Å². The molecule has 0 bridgehead atoms. The maximum atomic E-state index is 5.56. The Kier molecular flexibility index (Phi) is 4.99. The van der Waals surface area contributed by atoms with Crippen molar-refractivity contribution in [1.82, 2.24) is 0 Å². The first-order chi connectivity index (χ1) is 7.19. The minimum atomic E-state index is 0.495. The zero-order valence-corrected chi connectivity index (χ0v) is 10.6. The Morgan fingerprint density at radius 1 is 1.33 bits per heavy atom. The first-order valence-electron chi connectivity index (χ1n) is 5.26. The van der Waals surface area contributed by atoms with E-state index in [-0.39, 0.29) is 0 Å². The lowest BCUT2D eigenvalue weighted by molar-refractivity contribution is 0.635. The zero-order valence-electron chi connectivity index (χ0n) is 9.73. The van der Waals surface area contributed by atoms with Crippen LogP contribution in [0.5, 0.6) is 0 Å². The van der Waals surface area contributed by atoms with Crippen LogP contribution in [-0.4, -0.2) is 25.9 Å². The predicted molar refractivity (Wildman–Crippen MR) is 69.8 cm³/mol. The summed E-state index contributed by atoms with van der Waals surface area (Å²) in [4.78, 5) is 3.58. The molecule has 1 rings (SSSR count). The quantitative estimate of drug-likeness (QED) is 0.780. The Bertz CT molecular complexity index is 284. The van der Waals surface area contributed by atoms with Crippen molar-refractivity contribution in [3.05, 3.63) is 24.3 Å². The molecule has 2 N–H and O–H groups in total. The van der Waals surface area contributed by atoms with Gasteiger partial charge in [0.25, 0.3) is 0 Å². The Morgan fingerprint density at radius 2 is 1.93 bits per heavy atom. The van der Waals surface area contributed by atoms with E-state index in [1.807, 2.05) is 0 Å². The van der Waals surface area contributed by atoms with Crippen molar-refractivity contribution >= 4 is 17.4 Å². The van der Waals surface area contributed by atoms with Gasteiger partial charge in [-0.3, -0.25) is 0 Å². The molecule has 1 aromatic carbocycles. The van der Waals surface area contributed by atoms with Crippen LogP contribution in [0.1, 0.15) is 13.3 Å². The number of anilines is 1. The third kappa shape index (κ3) is 3.43. The molecule has 1 unspecified atom stereocenters. The maximum Gasteiger partial charge on any atom is 0.0366 e. The summed E-state index contributed by atoms with van der Waals surface area (Å²) in [6, 6.07) is 9.14. The minimum absolute atomic E-state index is 0.495. The summed E-state index contributed by atoms with van der Waals surface area (Å²) in [6.07, 6.45) is 3.12. The fourth-order valence-corrected chi connectivity index (χ4v) is 1.91. The predicted octanol–water partition coefficient (Wildman–Crippen LogP) is 2.58. The number of rotatable bonds is 5. The fourth-order valence-electron chi connectivity index (χ4n) is 1.51.